The van der Waals surface area contributed by atoms with Gasteiger partial charge in [0.1, 0.15) is 11.4 Å². The molecule has 0 spiro atoms. The van der Waals surface area contributed by atoms with Crippen LogP contribution in [0.25, 0.3) is 22.6 Å². The summed E-state index contributed by atoms with van der Waals surface area (Å²) in [4.78, 5) is 14.8. The third-order valence-electron chi connectivity index (χ3n) is 4.74. The largest absolute Gasteiger partial charge is 0.287 e. The Kier molecular flexibility index (Phi) is 4.50. The van der Waals surface area contributed by atoms with E-state index >= 15 is 0 Å². The predicted molar refractivity (Wildman–Crippen MR) is 114 cm³/mol. The van der Waals surface area contributed by atoms with Crippen LogP contribution in [0, 0.1) is 0 Å². The number of rotatable bonds is 5. The van der Waals surface area contributed by atoms with Crippen molar-refractivity contribution in [2.75, 3.05) is 0 Å². The minimum Gasteiger partial charge on any atom is -0.287 e. The minimum atomic E-state index is -0.158. The first-order chi connectivity index (χ1) is 14.8. The molecule has 0 fully saturated rings. The van der Waals surface area contributed by atoms with Crippen LogP contribution >= 0.6 is 0 Å². The molecule has 2 aromatic heterocycles. The second-order valence-electron chi connectivity index (χ2n) is 6.72. The van der Waals surface area contributed by atoms with Gasteiger partial charge in [-0.15, -0.1) is 5.10 Å². The van der Waals surface area contributed by atoms with Crippen LogP contribution in [0.4, 0.5) is 0 Å². The molecule has 0 aliphatic rings. The average molecular weight is 391 g/mol. The van der Waals surface area contributed by atoms with E-state index in [-0.39, 0.29) is 5.78 Å². The normalized spacial score (nSPS) is 10.8. The fourth-order valence-corrected chi connectivity index (χ4v) is 3.24. The predicted octanol–water partition coefficient (Wildman–Crippen LogP) is 4.35. The van der Waals surface area contributed by atoms with Gasteiger partial charge in [0, 0.05) is 11.8 Å². The Balaban J connectivity index is 1.63. The maximum atomic E-state index is 13.2. The first kappa shape index (κ1) is 17.8. The molecule has 0 aliphatic heterocycles. The highest BCUT2D eigenvalue weighted by molar-refractivity contribution is 6.11. The number of para-hydroxylation sites is 2. The maximum absolute atomic E-state index is 13.2. The SMILES string of the molecule is O=C(c1ccccc1)c1nn(-c2ccccc2)cc1-c1cnn(-c2ccccc2)n1. The van der Waals surface area contributed by atoms with Crippen molar-refractivity contribution in [3.05, 3.63) is 115 Å². The number of nitrogens with zero attached hydrogens (tertiary/aromatic N) is 5. The van der Waals surface area contributed by atoms with Crippen molar-refractivity contribution in [3.8, 4) is 22.6 Å². The Morgan fingerprint density at radius 1 is 0.700 bits per heavy atom. The number of carbonyl (C=O) groups excluding carboxylic acids is 1. The third kappa shape index (κ3) is 3.31. The van der Waals surface area contributed by atoms with E-state index in [0.29, 0.717) is 22.5 Å². The van der Waals surface area contributed by atoms with Crippen molar-refractivity contribution in [1.82, 2.24) is 24.8 Å². The van der Waals surface area contributed by atoms with Gasteiger partial charge in [-0.25, -0.2) is 4.68 Å². The summed E-state index contributed by atoms with van der Waals surface area (Å²) in [6.45, 7) is 0. The Bertz CT molecular complexity index is 1290. The smallest absolute Gasteiger partial charge is 0.213 e. The number of aromatic nitrogens is 5. The molecule has 0 unspecified atom stereocenters. The fraction of sp³-hybridized carbons (Fsp3) is 0. The molecular formula is C24H17N5O. The lowest BCUT2D eigenvalue weighted by molar-refractivity contribution is 0.103. The van der Waals surface area contributed by atoms with Gasteiger partial charge in [0.25, 0.3) is 0 Å². The van der Waals surface area contributed by atoms with Crippen LogP contribution in [0.1, 0.15) is 16.1 Å². The molecule has 0 atom stereocenters. The summed E-state index contributed by atoms with van der Waals surface area (Å²) >= 11 is 0. The van der Waals surface area contributed by atoms with Crippen molar-refractivity contribution in [2.45, 2.75) is 0 Å². The summed E-state index contributed by atoms with van der Waals surface area (Å²) in [5.41, 5.74) is 3.84. The molecule has 3 aromatic carbocycles. The molecule has 2 heterocycles. The van der Waals surface area contributed by atoms with E-state index in [1.165, 1.54) is 0 Å². The zero-order chi connectivity index (χ0) is 20.3. The van der Waals surface area contributed by atoms with Gasteiger partial charge in [-0.05, 0) is 24.3 Å². The number of carbonyl (C=O) groups is 1. The highest BCUT2D eigenvalue weighted by atomic mass is 16.1. The van der Waals surface area contributed by atoms with Gasteiger partial charge >= 0.3 is 0 Å². The molecule has 0 bridgehead atoms. The zero-order valence-corrected chi connectivity index (χ0v) is 16.0. The van der Waals surface area contributed by atoms with Crippen LogP contribution in [0.3, 0.4) is 0 Å². The second-order valence-corrected chi connectivity index (χ2v) is 6.72. The molecule has 30 heavy (non-hydrogen) atoms. The Morgan fingerprint density at radius 2 is 1.30 bits per heavy atom. The van der Waals surface area contributed by atoms with Crippen LogP contribution in [0.5, 0.6) is 0 Å². The monoisotopic (exact) mass is 391 g/mol. The van der Waals surface area contributed by atoms with Gasteiger partial charge in [-0.3, -0.25) is 4.79 Å². The number of benzene rings is 3. The lowest BCUT2D eigenvalue weighted by Crippen LogP contribution is -2.05. The van der Waals surface area contributed by atoms with E-state index < -0.39 is 0 Å². The first-order valence-electron chi connectivity index (χ1n) is 9.52. The van der Waals surface area contributed by atoms with Crippen LogP contribution in [-0.4, -0.2) is 30.6 Å². The number of ketones is 1. The Hall–Kier alpha value is -4.32. The van der Waals surface area contributed by atoms with E-state index in [9.17, 15) is 4.79 Å². The van der Waals surface area contributed by atoms with E-state index in [0.717, 1.165) is 11.4 Å². The lowest BCUT2D eigenvalue weighted by Gasteiger charge is -2.00. The van der Waals surface area contributed by atoms with Gasteiger partial charge in [0.05, 0.1) is 23.1 Å². The standard InChI is InChI=1S/C24H17N5O/c30-24(18-10-4-1-5-11-18)23-21(17-28(27-23)19-12-6-2-7-13-19)22-16-25-29(26-22)20-14-8-3-9-15-20/h1-17H. The quantitative estimate of drug-likeness (QED) is 0.418. The highest BCUT2D eigenvalue weighted by Gasteiger charge is 2.22. The molecular weight excluding hydrogens is 374 g/mol. The van der Waals surface area contributed by atoms with Crippen molar-refractivity contribution < 1.29 is 4.79 Å². The molecule has 0 saturated carbocycles. The van der Waals surface area contributed by atoms with Crippen LogP contribution in [-0.2, 0) is 0 Å². The van der Waals surface area contributed by atoms with Gasteiger partial charge in [-0.1, -0.05) is 66.7 Å². The lowest BCUT2D eigenvalue weighted by atomic mass is 10.0. The molecule has 0 radical (unpaired) electrons. The maximum Gasteiger partial charge on any atom is 0.213 e. The van der Waals surface area contributed by atoms with E-state index in [1.807, 2.05) is 85.1 Å². The molecule has 0 saturated heterocycles. The molecule has 5 aromatic rings. The molecule has 144 valence electrons. The van der Waals surface area contributed by atoms with Crippen LogP contribution in [0.2, 0.25) is 0 Å². The van der Waals surface area contributed by atoms with Crippen LogP contribution < -0.4 is 0 Å². The van der Waals surface area contributed by atoms with E-state index in [1.54, 1.807) is 27.8 Å². The summed E-state index contributed by atoms with van der Waals surface area (Å²) in [6, 6.07) is 28.5. The minimum absolute atomic E-state index is 0.158. The number of hydrogen-bond donors (Lipinski definition) is 0. The zero-order valence-electron chi connectivity index (χ0n) is 16.0. The molecule has 6 heteroatoms. The fourth-order valence-electron chi connectivity index (χ4n) is 3.24. The van der Waals surface area contributed by atoms with Gasteiger partial charge in [-0.2, -0.15) is 15.0 Å². The third-order valence-corrected chi connectivity index (χ3v) is 4.74. The number of hydrogen-bond acceptors (Lipinski definition) is 4. The summed E-state index contributed by atoms with van der Waals surface area (Å²) in [5, 5.41) is 13.6. The van der Waals surface area contributed by atoms with Crippen molar-refractivity contribution >= 4 is 5.78 Å². The van der Waals surface area contributed by atoms with Gasteiger partial charge in [0.15, 0.2) is 0 Å². The Morgan fingerprint density at radius 3 is 1.97 bits per heavy atom. The van der Waals surface area contributed by atoms with Gasteiger partial charge in [0.2, 0.25) is 5.78 Å². The van der Waals surface area contributed by atoms with E-state index in [4.69, 9.17) is 0 Å². The summed E-state index contributed by atoms with van der Waals surface area (Å²) < 4.78 is 1.70. The van der Waals surface area contributed by atoms with Crippen molar-refractivity contribution in [2.24, 2.45) is 0 Å². The summed E-state index contributed by atoms with van der Waals surface area (Å²) in [6.07, 6.45) is 3.48. The van der Waals surface area contributed by atoms with Crippen molar-refractivity contribution in [1.29, 1.82) is 0 Å². The van der Waals surface area contributed by atoms with Crippen LogP contribution in [0.15, 0.2) is 103 Å². The highest BCUT2D eigenvalue weighted by Crippen LogP contribution is 2.25. The Labute approximate surface area is 173 Å². The van der Waals surface area contributed by atoms with Gasteiger partial charge < -0.3 is 0 Å². The second kappa shape index (κ2) is 7.60. The summed E-state index contributed by atoms with van der Waals surface area (Å²) in [5.74, 6) is -0.158. The first-order valence-corrected chi connectivity index (χ1v) is 9.52. The molecule has 0 amide bonds. The average Bonchev–Trinajstić information content (AvgIpc) is 3.48. The van der Waals surface area contributed by atoms with Crippen molar-refractivity contribution in [3.63, 3.8) is 0 Å². The molecule has 0 N–H and O–H groups in total. The topological polar surface area (TPSA) is 65.6 Å². The molecule has 5 rings (SSSR count). The molecule has 0 aliphatic carbocycles. The summed E-state index contributed by atoms with van der Waals surface area (Å²) in [7, 11) is 0. The molecule has 6 nitrogen and oxygen atoms in total. The van der Waals surface area contributed by atoms with E-state index in [2.05, 4.69) is 15.3 Å².